The number of carbonyl (C=O) groups excluding carboxylic acids is 1. The Labute approximate surface area is 107 Å². The van der Waals surface area contributed by atoms with Gasteiger partial charge in [0.1, 0.15) is 11.9 Å². The van der Waals surface area contributed by atoms with Gasteiger partial charge in [-0.25, -0.2) is 4.39 Å². The summed E-state index contributed by atoms with van der Waals surface area (Å²) in [5, 5.41) is 15.0. The summed E-state index contributed by atoms with van der Waals surface area (Å²) in [5.41, 5.74) is 1.79. The molecule has 0 aliphatic rings. The van der Waals surface area contributed by atoms with E-state index in [0.717, 1.165) is 11.6 Å². The quantitative estimate of drug-likeness (QED) is 0.900. The molecule has 1 aromatic carbocycles. The van der Waals surface area contributed by atoms with Crippen molar-refractivity contribution in [2.45, 2.75) is 6.92 Å². The molecule has 0 atom stereocenters. The molecule has 1 amide bonds. The van der Waals surface area contributed by atoms with E-state index < -0.39 is 5.82 Å². The average Bonchev–Trinajstić information content (AvgIpc) is 2.78. The van der Waals surface area contributed by atoms with E-state index in [2.05, 4.69) is 5.32 Å². The lowest BCUT2D eigenvalue weighted by molar-refractivity contribution is 0.102. The van der Waals surface area contributed by atoms with Crippen molar-refractivity contribution in [1.29, 1.82) is 5.26 Å². The Hall–Kier alpha value is -2.19. The van der Waals surface area contributed by atoms with Gasteiger partial charge in [-0.3, -0.25) is 4.79 Å². The molecule has 0 aliphatic heterocycles. The zero-order chi connectivity index (χ0) is 13.1. The topological polar surface area (TPSA) is 52.9 Å². The number of aryl methyl sites for hydroxylation is 1. The highest BCUT2D eigenvalue weighted by Gasteiger charge is 2.11. The molecule has 0 saturated carbocycles. The summed E-state index contributed by atoms with van der Waals surface area (Å²) in [6.45, 7) is 1.84. The number of nitrogens with zero attached hydrogens (tertiary/aromatic N) is 1. The smallest absolute Gasteiger partial charge is 0.256 e. The lowest BCUT2D eigenvalue weighted by Crippen LogP contribution is -2.12. The molecule has 5 heteroatoms. The molecule has 2 rings (SSSR count). The fraction of sp³-hybridized carbons (Fsp3) is 0.0769. The van der Waals surface area contributed by atoms with Gasteiger partial charge in [0.2, 0.25) is 0 Å². The van der Waals surface area contributed by atoms with Crippen LogP contribution in [-0.2, 0) is 0 Å². The van der Waals surface area contributed by atoms with Crippen molar-refractivity contribution in [3.63, 3.8) is 0 Å². The number of carbonyl (C=O) groups is 1. The van der Waals surface area contributed by atoms with Gasteiger partial charge in [-0.1, -0.05) is 0 Å². The second-order valence-corrected chi connectivity index (χ2v) is 4.47. The lowest BCUT2D eigenvalue weighted by atomic mass is 10.2. The third-order valence-corrected chi connectivity index (χ3v) is 3.31. The van der Waals surface area contributed by atoms with Gasteiger partial charge in [-0.2, -0.15) is 16.6 Å². The summed E-state index contributed by atoms with van der Waals surface area (Å²) >= 11 is 1.44. The van der Waals surface area contributed by atoms with Crippen LogP contribution in [0.15, 0.2) is 29.0 Å². The van der Waals surface area contributed by atoms with Crippen LogP contribution in [0.2, 0.25) is 0 Å². The van der Waals surface area contributed by atoms with Crippen molar-refractivity contribution in [2.75, 3.05) is 5.32 Å². The highest BCUT2D eigenvalue weighted by molar-refractivity contribution is 7.08. The Kier molecular flexibility index (Phi) is 3.40. The molecular weight excluding hydrogens is 251 g/mol. The van der Waals surface area contributed by atoms with Crippen LogP contribution in [0.3, 0.4) is 0 Å². The number of halogens is 1. The van der Waals surface area contributed by atoms with Gasteiger partial charge in [0.05, 0.1) is 11.1 Å². The Morgan fingerprint density at radius 2 is 2.22 bits per heavy atom. The number of nitriles is 1. The first-order valence-electron chi connectivity index (χ1n) is 5.15. The molecule has 0 radical (unpaired) electrons. The van der Waals surface area contributed by atoms with E-state index in [1.165, 1.54) is 23.5 Å². The van der Waals surface area contributed by atoms with Crippen LogP contribution in [0.25, 0.3) is 0 Å². The van der Waals surface area contributed by atoms with Crippen molar-refractivity contribution in [3.05, 3.63) is 51.5 Å². The molecule has 18 heavy (non-hydrogen) atoms. The molecular formula is C13H9FN2OS. The van der Waals surface area contributed by atoms with Crippen LogP contribution in [-0.4, -0.2) is 5.91 Å². The number of hydrogen-bond acceptors (Lipinski definition) is 3. The maximum Gasteiger partial charge on any atom is 0.256 e. The van der Waals surface area contributed by atoms with Gasteiger partial charge in [0.25, 0.3) is 5.91 Å². The highest BCUT2D eigenvalue weighted by atomic mass is 32.1. The number of anilines is 1. The Morgan fingerprint density at radius 3 is 2.83 bits per heavy atom. The van der Waals surface area contributed by atoms with Crippen LogP contribution >= 0.6 is 11.3 Å². The first kappa shape index (κ1) is 12.3. The maximum atomic E-state index is 13.1. The standard InChI is InChI=1S/C13H9FN2OS/c1-8-6-18-7-11(8)13(17)16-10-2-3-12(14)9(4-10)5-15/h2-4,6-7H,1H3,(H,16,17). The summed E-state index contributed by atoms with van der Waals surface area (Å²) in [6.07, 6.45) is 0. The number of hydrogen-bond donors (Lipinski definition) is 1. The van der Waals surface area contributed by atoms with Crippen molar-refractivity contribution in [1.82, 2.24) is 0 Å². The van der Waals surface area contributed by atoms with Crippen LogP contribution in [0.4, 0.5) is 10.1 Å². The molecule has 0 saturated heterocycles. The highest BCUT2D eigenvalue weighted by Crippen LogP contribution is 2.18. The number of rotatable bonds is 2. The van der Waals surface area contributed by atoms with E-state index in [4.69, 9.17) is 5.26 Å². The minimum atomic E-state index is -0.595. The second-order valence-electron chi connectivity index (χ2n) is 3.73. The SMILES string of the molecule is Cc1cscc1C(=O)Nc1ccc(F)c(C#N)c1. The van der Waals surface area contributed by atoms with Crippen molar-refractivity contribution in [2.24, 2.45) is 0 Å². The monoisotopic (exact) mass is 260 g/mol. The molecule has 2 aromatic rings. The van der Waals surface area contributed by atoms with Crippen LogP contribution in [0.1, 0.15) is 21.5 Å². The maximum absolute atomic E-state index is 13.1. The van der Waals surface area contributed by atoms with Gasteiger partial charge in [-0.05, 0) is 36.1 Å². The molecule has 1 aromatic heterocycles. The minimum absolute atomic E-state index is 0.0881. The van der Waals surface area contributed by atoms with E-state index in [-0.39, 0.29) is 11.5 Å². The largest absolute Gasteiger partial charge is 0.322 e. The van der Waals surface area contributed by atoms with Crippen molar-refractivity contribution >= 4 is 22.9 Å². The third-order valence-electron chi connectivity index (χ3n) is 2.44. The van der Waals surface area contributed by atoms with Crippen molar-refractivity contribution in [3.8, 4) is 6.07 Å². The Bertz CT molecular complexity index is 643. The zero-order valence-corrected chi connectivity index (χ0v) is 10.3. The summed E-state index contributed by atoms with van der Waals surface area (Å²) in [7, 11) is 0. The first-order chi connectivity index (χ1) is 8.61. The van der Waals surface area contributed by atoms with Gasteiger partial charge in [-0.15, -0.1) is 0 Å². The molecule has 0 unspecified atom stereocenters. The fourth-order valence-electron chi connectivity index (χ4n) is 1.48. The lowest BCUT2D eigenvalue weighted by Gasteiger charge is -2.05. The summed E-state index contributed by atoms with van der Waals surface area (Å²) in [5.74, 6) is -0.855. The predicted octanol–water partition coefficient (Wildman–Crippen LogP) is 3.32. The molecule has 0 spiro atoms. The molecule has 0 fully saturated rings. The Balaban J connectivity index is 2.23. The number of benzene rings is 1. The predicted molar refractivity (Wildman–Crippen MR) is 68.1 cm³/mol. The first-order valence-corrected chi connectivity index (χ1v) is 6.10. The van der Waals surface area contributed by atoms with E-state index in [9.17, 15) is 9.18 Å². The summed E-state index contributed by atoms with van der Waals surface area (Å²) in [6, 6.07) is 5.63. The van der Waals surface area contributed by atoms with E-state index in [1.54, 1.807) is 11.4 Å². The van der Waals surface area contributed by atoms with Gasteiger partial charge < -0.3 is 5.32 Å². The Morgan fingerprint density at radius 1 is 1.44 bits per heavy atom. The molecule has 1 N–H and O–H groups in total. The van der Waals surface area contributed by atoms with E-state index in [0.29, 0.717) is 11.3 Å². The average molecular weight is 260 g/mol. The number of amides is 1. The zero-order valence-electron chi connectivity index (χ0n) is 9.53. The van der Waals surface area contributed by atoms with Crippen LogP contribution in [0, 0.1) is 24.1 Å². The molecule has 0 bridgehead atoms. The summed E-state index contributed by atoms with van der Waals surface area (Å²) in [4.78, 5) is 11.9. The minimum Gasteiger partial charge on any atom is -0.322 e. The van der Waals surface area contributed by atoms with Crippen LogP contribution in [0.5, 0.6) is 0 Å². The second kappa shape index (κ2) is 4.98. The number of nitrogens with one attached hydrogen (secondary N) is 1. The van der Waals surface area contributed by atoms with Gasteiger partial charge in [0.15, 0.2) is 0 Å². The molecule has 3 nitrogen and oxygen atoms in total. The molecule has 90 valence electrons. The van der Waals surface area contributed by atoms with Gasteiger partial charge >= 0.3 is 0 Å². The summed E-state index contributed by atoms with van der Waals surface area (Å²) < 4.78 is 13.1. The van der Waals surface area contributed by atoms with Crippen molar-refractivity contribution < 1.29 is 9.18 Å². The van der Waals surface area contributed by atoms with Gasteiger partial charge in [0, 0.05) is 11.1 Å². The van der Waals surface area contributed by atoms with Crippen LogP contribution < -0.4 is 5.32 Å². The molecule has 0 aliphatic carbocycles. The fourth-order valence-corrected chi connectivity index (χ4v) is 2.31. The van der Waals surface area contributed by atoms with E-state index in [1.807, 2.05) is 12.3 Å². The third kappa shape index (κ3) is 2.39. The molecule has 1 heterocycles. The normalized spacial score (nSPS) is 9.83. The van der Waals surface area contributed by atoms with E-state index >= 15 is 0 Å². The number of thiophene rings is 1.